The van der Waals surface area contributed by atoms with Gasteiger partial charge in [-0.3, -0.25) is 4.79 Å². The van der Waals surface area contributed by atoms with E-state index in [0.29, 0.717) is 32.0 Å². The predicted octanol–water partition coefficient (Wildman–Crippen LogP) is 0.481. The fourth-order valence-electron chi connectivity index (χ4n) is 1.55. The second kappa shape index (κ2) is 9.39. The fourth-order valence-corrected chi connectivity index (χ4v) is 1.55. The number of nitrogens with two attached hydrogens (primary N) is 1. The molecule has 0 aromatic rings. The summed E-state index contributed by atoms with van der Waals surface area (Å²) in [4.78, 5) is 13.9. The Morgan fingerprint density at radius 3 is 2.41 bits per heavy atom. The van der Waals surface area contributed by atoms with E-state index in [4.69, 9.17) is 15.2 Å². The first kappa shape index (κ1) is 16.4. The van der Waals surface area contributed by atoms with E-state index in [9.17, 15) is 4.79 Å². The number of hydrogen-bond donors (Lipinski definition) is 1. The molecule has 0 fully saturated rings. The molecular weight excluding hydrogens is 220 g/mol. The van der Waals surface area contributed by atoms with Crippen molar-refractivity contribution in [1.29, 1.82) is 0 Å². The lowest BCUT2D eigenvalue weighted by Crippen LogP contribution is -2.39. The van der Waals surface area contributed by atoms with Crippen molar-refractivity contribution >= 4 is 5.91 Å². The van der Waals surface area contributed by atoms with E-state index in [1.807, 2.05) is 4.90 Å². The molecule has 0 heterocycles. The second-order valence-corrected chi connectivity index (χ2v) is 4.52. The van der Waals surface area contributed by atoms with E-state index in [1.165, 1.54) is 0 Å². The number of nitrogens with zero attached hydrogens (tertiary/aromatic N) is 1. The maximum atomic E-state index is 12.0. The number of ether oxygens (including phenoxy) is 2. The van der Waals surface area contributed by atoms with Gasteiger partial charge in [-0.25, -0.2) is 0 Å². The van der Waals surface area contributed by atoms with E-state index >= 15 is 0 Å². The molecule has 0 aliphatic carbocycles. The topological polar surface area (TPSA) is 64.8 Å². The Morgan fingerprint density at radius 1 is 1.35 bits per heavy atom. The monoisotopic (exact) mass is 246 g/mol. The second-order valence-electron chi connectivity index (χ2n) is 4.52. The van der Waals surface area contributed by atoms with Crippen LogP contribution >= 0.6 is 0 Å². The molecule has 0 radical (unpaired) electrons. The molecule has 1 amide bonds. The van der Waals surface area contributed by atoms with Crippen LogP contribution in [0.2, 0.25) is 0 Å². The van der Waals surface area contributed by atoms with E-state index in [1.54, 1.807) is 14.2 Å². The summed E-state index contributed by atoms with van der Waals surface area (Å²) in [6.07, 6.45) is 0.142. The van der Waals surface area contributed by atoms with Crippen molar-refractivity contribution in [2.45, 2.75) is 26.4 Å². The van der Waals surface area contributed by atoms with Crippen LogP contribution in [0.15, 0.2) is 0 Å². The molecule has 0 saturated carbocycles. The molecule has 0 bridgehead atoms. The van der Waals surface area contributed by atoms with Crippen molar-refractivity contribution in [2.24, 2.45) is 11.7 Å². The summed E-state index contributed by atoms with van der Waals surface area (Å²) in [5.41, 5.74) is 5.51. The summed E-state index contributed by atoms with van der Waals surface area (Å²) < 4.78 is 10.1. The molecular formula is C12H26N2O3. The lowest BCUT2D eigenvalue weighted by molar-refractivity contribution is -0.134. The number of amides is 1. The zero-order valence-electron chi connectivity index (χ0n) is 11.4. The summed E-state index contributed by atoms with van der Waals surface area (Å²) in [5, 5.41) is 0. The van der Waals surface area contributed by atoms with Crippen molar-refractivity contribution < 1.29 is 14.3 Å². The molecule has 17 heavy (non-hydrogen) atoms. The molecule has 0 aliphatic rings. The third-order valence-electron chi connectivity index (χ3n) is 2.50. The number of carbonyl (C=O) groups excluding carboxylic acids is 1. The first-order valence-electron chi connectivity index (χ1n) is 6.04. The minimum absolute atomic E-state index is 0.0769. The van der Waals surface area contributed by atoms with Crippen LogP contribution in [0, 0.1) is 5.92 Å². The first-order valence-corrected chi connectivity index (χ1v) is 6.04. The third kappa shape index (κ3) is 7.31. The van der Waals surface area contributed by atoms with Crippen LogP contribution in [0.1, 0.15) is 20.3 Å². The van der Waals surface area contributed by atoms with Gasteiger partial charge in [0.15, 0.2) is 0 Å². The van der Waals surface area contributed by atoms with Crippen molar-refractivity contribution in [3.05, 3.63) is 0 Å². The van der Waals surface area contributed by atoms with Gasteiger partial charge in [0.25, 0.3) is 0 Å². The molecule has 5 nitrogen and oxygen atoms in total. The Morgan fingerprint density at radius 2 is 2.00 bits per heavy atom. The van der Waals surface area contributed by atoms with Gasteiger partial charge in [-0.1, -0.05) is 13.8 Å². The lowest BCUT2D eigenvalue weighted by atomic mass is 10.1. The SMILES string of the molecule is COCCN(CC(C)C)C(=O)CC(CN)OC. The Balaban J connectivity index is 4.29. The highest BCUT2D eigenvalue weighted by Gasteiger charge is 2.18. The van der Waals surface area contributed by atoms with Gasteiger partial charge >= 0.3 is 0 Å². The van der Waals surface area contributed by atoms with Crippen LogP contribution in [0.4, 0.5) is 0 Å². The van der Waals surface area contributed by atoms with Gasteiger partial charge in [-0.2, -0.15) is 0 Å². The lowest BCUT2D eigenvalue weighted by Gasteiger charge is -2.26. The van der Waals surface area contributed by atoms with Crippen LogP contribution in [-0.4, -0.2) is 57.4 Å². The van der Waals surface area contributed by atoms with E-state index < -0.39 is 0 Å². The number of hydrogen-bond acceptors (Lipinski definition) is 4. The Hall–Kier alpha value is -0.650. The smallest absolute Gasteiger partial charge is 0.225 e. The molecule has 0 saturated heterocycles. The molecule has 0 aromatic heterocycles. The molecule has 0 aliphatic heterocycles. The van der Waals surface area contributed by atoms with E-state index in [2.05, 4.69) is 13.8 Å². The first-order chi connectivity index (χ1) is 8.04. The summed E-state index contributed by atoms with van der Waals surface area (Å²) in [5.74, 6) is 0.516. The molecule has 102 valence electrons. The number of methoxy groups -OCH3 is 2. The van der Waals surface area contributed by atoms with Crippen molar-refractivity contribution in [1.82, 2.24) is 4.90 Å². The van der Waals surface area contributed by atoms with E-state index in [0.717, 1.165) is 6.54 Å². The Kier molecular flexibility index (Phi) is 9.03. The molecule has 0 spiro atoms. The zero-order chi connectivity index (χ0) is 13.3. The largest absolute Gasteiger partial charge is 0.383 e. The van der Waals surface area contributed by atoms with Crippen molar-refractivity contribution in [3.63, 3.8) is 0 Å². The van der Waals surface area contributed by atoms with Crippen LogP contribution in [-0.2, 0) is 14.3 Å². The third-order valence-corrected chi connectivity index (χ3v) is 2.50. The highest BCUT2D eigenvalue weighted by Crippen LogP contribution is 2.05. The maximum absolute atomic E-state index is 12.0. The highest BCUT2D eigenvalue weighted by molar-refractivity contribution is 5.76. The molecule has 0 aromatic carbocycles. The van der Waals surface area contributed by atoms with Gasteiger partial charge in [0, 0.05) is 33.9 Å². The van der Waals surface area contributed by atoms with Crippen LogP contribution in [0.5, 0.6) is 0 Å². The van der Waals surface area contributed by atoms with Gasteiger partial charge in [0.1, 0.15) is 0 Å². The van der Waals surface area contributed by atoms with Gasteiger partial charge < -0.3 is 20.1 Å². The minimum Gasteiger partial charge on any atom is -0.383 e. The van der Waals surface area contributed by atoms with Crippen LogP contribution < -0.4 is 5.73 Å². The zero-order valence-corrected chi connectivity index (χ0v) is 11.4. The fraction of sp³-hybridized carbons (Fsp3) is 0.917. The van der Waals surface area contributed by atoms with Crippen molar-refractivity contribution in [3.8, 4) is 0 Å². The summed E-state index contributed by atoms with van der Waals surface area (Å²) in [7, 11) is 3.21. The predicted molar refractivity (Wildman–Crippen MR) is 67.8 cm³/mol. The number of rotatable bonds is 9. The molecule has 5 heteroatoms. The quantitative estimate of drug-likeness (QED) is 0.643. The summed E-state index contributed by atoms with van der Waals surface area (Å²) >= 11 is 0. The van der Waals surface area contributed by atoms with Crippen LogP contribution in [0.25, 0.3) is 0 Å². The normalized spacial score (nSPS) is 12.8. The average Bonchev–Trinajstić information content (AvgIpc) is 2.30. The molecule has 0 rings (SSSR count). The van der Waals surface area contributed by atoms with Crippen molar-refractivity contribution in [2.75, 3.05) is 40.5 Å². The minimum atomic E-state index is -0.195. The Labute approximate surface area is 104 Å². The van der Waals surface area contributed by atoms with Crippen LogP contribution in [0.3, 0.4) is 0 Å². The Bertz CT molecular complexity index is 206. The summed E-state index contributed by atoms with van der Waals surface area (Å²) in [6, 6.07) is 0. The van der Waals surface area contributed by atoms with E-state index in [-0.39, 0.29) is 12.0 Å². The molecule has 2 N–H and O–H groups in total. The molecule has 1 atom stereocenters. The van der Waals surface area contributed by atoms with Gasteiger partial charge in [-0.05, 0) is 5.92 Å². The average molecular weight is 246 g/mol. The number of carbonyl (C=O) groups is 1. The highest BCUT2D eigenvalue weighted by atomic mass is 16.5. The van der Waals surface area contributed by atoms with Gasteiger partial charge in [-0.15, -0.1) is 0 Å². The van der Waals surface area contributed by atoms with Gasteiger partial charge in [0.2, 0.25) is 5.91 Å². The maximum Gasteiger partial charge on any atom is 0.225 e. The van der Waals surface area contributed by atoms with Gasteiger partial charge in [0.05, 0.1) is 19.1 Å². The summed E-state index contributed by atoms with van der Waals surface area (Å²) in [6.45, 7) is 6.45. The standard InChI is InChI=1S/C12H26N2O3/c1-10(2)9-14(5-6-16-3)12(15)7-11(8-13)17-4/h10-11H,5-9,13H2,1-4H3. The molecule has 1 unspecified atom stereocenters.